The fraction of sp³-hybridized carbons (Fsp3) is 0.538. The van der Waals surface area contributed by atoms with Gasteiger partial charge in [-0.15, -0.1) is 11.3 Å². The number of amides is 1. The lowest BCUT2D eigenvalue weighted by atomic mass is 9.74. The second-order valence-electron chi connectivity index (χ2n) is 4.87. The van der Waals surface area contributed by atoms with Crippen LogP contribution in [0.3, 0.4) is 0 Å². The van der Waals surface area contributed by atoms with Crippen molar-refractivity contribution in [2.24, 2.45) is 0 Å². The molecule has 0 atom stereocenters. The lowest BCUT2D eigenvalue weighted by molar-refractivity contribution is -0.139. The number of carboxylic acid groups (broad SMARTS) is 1. The van der Waals surface area contributed by atoms with Gasteiger partial charge < -0.3 is 15.2 Å². The maximum absolute atomic E-state index is 12.2. The van der Waals surface area contributed by atoms with Crippen LogP contribution in [-0.2, 0) is 16.1 Å². The molecule has 1 aliphatic rings. The number of carboxylic acids is 1. The number of nitrogens with one attached hydrogen (secondary N) is 1. The molecule has 2 rings (SSSR count). The van der Waals surface area contributed by atoms with Gasteiger partial charge in [0.1, 0.15) is 0 Å². The molecular weight excluding hydrogens is 266 g/mol. The van der Waals surface area contributed by atoms with Crippen LogP contribution in [0.2, 0.25) is 0 Å². The minimum Gasteiger partial charge on any atom is -0.481 e. The first-order valence-corrected chi connectivity index (χ1v) is 7.04. The number of rotatable bonds is 6. The Morgan fingerprint density at radius 3 is 2.79 bits per heavy atom. The first-order chi connectivity index (χ1) is 9.06. The van der Waals surface area contributed by atoms with Crippen molar-refractivity contribution < 1.29 is 19.4 Å². The Kier molecular flexibility index (Phi) is 4.21. The maximum Gasteiger partial charge on any atom is 0.305 e. The highest BCUT2D eigenvalue weighted by molar-refractivity contribution is 7.12. The van der Waals surface area contributed by atoms with E-state index in [1.54, 1.807) is 7.11 Å². The Morgan fingerprint density at radius 2 is 2.26 bits per heavy atom. The van der Waals surface area contributed by atoms with Gasteiger partial charge in [0.05, 0.1) is 23.4 Å². The van der Waals surface area contributed by atoms with Crippen molar-refractivity contribution in [3.8, 4) is 0 Å². The van der Waals surface area contributed by atoms with Gasteiger partial charge in [0.15, 0.2) is 0 Å². The molecule has 19 heavy (non-hydrogen) atoms. The summed E-state index contributed by atoms with van der Waals surface area (Å²) in [5, 5.41) is 13.7. The van der Waals surface area contributed by atoms with Crippen molar-refractivity contribution in [3.05, 3.63) is 21.9 Å². The van der Waals surface area contributed by atoms with E-state index in [0.717, 1.165) is 24.8 Å². The molecule has 104 valence electrons. The third-order valence-corrected chi connectivity index (χ3v) is 4.39. The zero-order valence-electron chi connectivity index (χ0n) is 10.8. The van der Waals surface area contributed by atoms with Crippen molar-refractivity contribution in [2.75, 3.05) is 7.11 Å². The van der Waals surface area contributed by atoms with Crippen molar-refractivity contribution in [1.29, 1.82) is 0 Å². The van der Waals surface area contributed by atoms with Gasteiger partial charge in [-0.25, -0.2) is 0 Å². The van der Waals surface area contributed by atoms with Gasteiger partial charge >= 0.3 is 5.97 Å². The number of ether oxygens (including phenoxy) is 1. The number of carbonyl (C=O) groups excluding carboxylic acids is 1. The molecule has 0 radical (unpaired) electrons. The Hall–Kier alpha value is -1.40. The van der Waals surface area contributed by atoms with Crippen LogP contribution >= 0.6 is 11.3 Å². The van der Waals surface area contributed by atoms with Crippen LogP contribution in [0.25, 0.3) is 0 Å². The normalized spacial score (nSPS) is 16.7. The molecule has 5 nitrogen and oxygen atoms in total. The van der Waals surface area contributed by atoms with Crippen LogP contribution in [-0.4, -0.2) is 29.6 Å². The van der Waals surface area contributed by atoms with Crippen LogP contribution in [0.1, 0.15) is 40.9 Å². The van der Waals surface area contributed by atoms with Gasteiger partial charge in [0.25, 0.3) is 5.91 Å². The summed E-state index contributed by atoms with van der Waals surface area (Å²) < 4.78 is 5.04. The van der Waals surface area contributed by atoms with Gasteiger partial charge in [-0.1, -0.05) is 0 Å². The van der Waals surface area contributed by atoms with Crippen molar-refractivity contribution >= 4 is 23.2 Å². The van der Waals surface area contributed by atoms with Gasteiger partial charge in [-0.05, 0) is 30.7 Å². The number of methoxy groups -OCH3 is 1. The zero-order chi connectivity index (χ0) is 13.9. The van der Waals surface area contributed by atoms with Gasteiger partial charge in [-0.2, -0.15) is 0 Å². The number of hydrogen-bond donors (Lipinski definition) is 2. The molecule has 0 bridgehead atoms. The molecule has 1 amide bonds. The summed E-state index contributed by atoms with van der Waals surface area (Å²) >= 11 is 1.35. The molecule has 0 saturated heterocycles. The van der Waals surface area contributed by atoms with Crippen LogP contribution < -0.4 is 5.32 Å². The predicted molar refractivity (Wildman–Crippen MR) is 71.3 cm³/mol. The molecule has 1 saturated carbocycles. The van der Waals surface area contributed by atoms with Crippen molar-refractivity contribution in [1.82, 2.24) is 5.32 Å². The van der Waals surface area contributed by atoms with Crippen LogP contribution in [0, 0.1) is 0 Å². The topological polar surface area (TPSA) is 75.6 Å². The van der Waals surface area contributed by atoms with E-state index in [4.69, 9.17) is 9.84 Å². The first kappa shape index (κ1) is 14.0. The average molecular weight is 283 g/mol. The minimum absolute atomic E-state index is 0.0102. The molecule has 6 heteroatoms. The molecule has 1 aromatic rings. The third kappa shape index (κ3) is 3.13. The summed E-state index contributed by atoms with van der Waals surface area (Å²) in [7, 11) is 1.58. The van der Waals surface area contributed by atoms with Gasteiger partial charge in [-0.3, -0.25) is 9.59 Å². The Labute approximate surface area is 115 Å². The number of carbonyl (C=O) groups is 2. The standard InChI is InChI=1S/C13H17NO4S/c1-18-8-9-3-6-19-11(9)12(17)14-13(4-2-5-13)7-10(15)16/h3,6H,2,4-5,7-8H2,1H3,(H,14,17)(H,15,16). The number of thiophene rings is 1. The summed E-state index contributed by atoms with van der Waals surface area (Å²) in [4.78, 5) is 23.7. The monoisotopic (exact) mass is 283 g/mol. The Balaban J connectivity index is 2.07. The second-order valence-corrected chi connectivity index (χ2v) is 5.78. The van der Waals surface area contributed by atoms with E-state index in [-0.39, 0.29) is 12.3 Å². The Bertz CT molecular complexity index is 479. The average Bonchev–Trinajstić information content (AvgIpc) is 2.74. The highest BCUT2D eigenvalue weighted by Crippen LogP contribution is 2.35. The summed E-state index contributed by atoms with van der Waals surface area (Å²) in [6.07, 6.45) is 2.42. The molecule has 1 fully saturated rings. The summed E-state index contributed by atoms with van der Waals surface area (Å²) in [5.74, 6) is -1.06. The van der Waals surface area contributed by atoms with Crippen molar-refractivity contribution in [3.63, 3.8) is 0 Å². The molecule has 2 N–H and O–H groups in total. The lowest BCUT2D eigenvalue weighted by Gasteiger charge is -2.41. The molecule has 0 unspecified atom stereocenters. The van der Waals surface area contributed by atoms with E-state index in [2.05, 4.69) is 5.32 Å². The fourth-order valence-electron chi connectivity index (χ4n) is 2.34. The molecule has 1 aromatic heterocycles. The van der Waals surface area contributed by atoms with E-state index in [9.17, 15) is 9.59 Å². The molecule has 0 aromatic carbocycles. The van der Waals surface area contributed by atoms with E-state index < -0.39 is 11.5 Å². The molecule has 0 spiro atoms. The Morgan fingerprint density at radius 1 is 1.53 bits per heavy atom. The van der Waals surface area contributed by atoms with Crippen LogP contribution in [0.15, 0.2) is 11.4 Å². The van der Waals surface area contributed by atoms with E-state index in [1.165, 1.54) is 11.3 Å². The van der Waals surface area contributed by atoms with Crippen molar-refractivity contribution in [2.45, 2.75) is 37.8 Å². The molecule has 1 heterocycles. The summed E-state index contributed by atoms with van der Waals surface area (Å²) in [6.45, 7) is 0.387. The van der Waals surface area contributed by atoms with E-state index in [0.29, 0.717) is 11.5 Å². The highest BCUT2D eigenvalue weighted by atomic mass is 32.1. The van der Waals surface area contributed by atoms with E-state index >= 15 is 0 Å². The lowest BCUT2D eigenvalue weighted by Crippen LogP contribution is -2.54. The number of aliphatic carboxylic acids is 1. The SMILES string of the molecule is COCc1ccsc1C(=O)NC1(CC(=O)O)CCC1. The quantitative estimate of drug-likeness (QED) is 0.837. The maximum atomic E-state index is 12.2. The smallest absolute Gasteiger partial charge is 0.305 e. The van der Waals surface area contributed by atoms with Gasteiger partial charge in [0, 0.05) is 12.7 Å². The molecule has 0 aliphatic heterocycles. The minimum atomic E-state index is -0.872. The van der Waals surface area contributed by atoms with Crippen LogP contribution in [0.5, 0.6) is 0 Å². The third-order valence-electron chi connectivity index (χ3n) is 3.43. The van der Waals surface area contributed by atoms with Gasteiger partial charge in [0.2, 0.25) is 0 Å². The zero-order valence-corrected chi connectivity index (χ0v) is 11.6. The number of hydrogen-bond acceptors (Lipinski definition) is 4. The van der Waals surface area contributed by atoms with Crippen LogP contribution in [0.4, 0.5) is 0 Å². The van der Waals surface area contributed by atoms with E-state index in [1.807, 2.05) is 11.4 Å². The summed E-state index contributed by atoms with van der Waals surface area (Å²) in [6, 6.07) is 1.85. The largest absolute Gasteiger partial charge is 0.481 e. The molecular formula is C13H17NO4S. The summed E-state index contributed by atoms with van der Waals surface area (Å²) in [5.41, 5.74) is 0.284. The highest BCUT2D eigenvalue weighted by Gasteiger charge is 2.40. The molecule has 1 aliphatic carbocycles. The predicted octanol–water partition coefficient (Wildman–Crippen LogP) is 2.02. The fourth-order valence-corrected chi connectivity index (χ4v) is 3.15. The first-order valence-electron chi connectivity index (χ1n) is 6.16. The second kappa shape index (κ2) is 5.71.